The normalized spacial score (nSPS) is 15.6. The number of hydrogen-bond acceptors (Lipinski definition) is 2. The van der Waals surface area contributed by atoms with Crippen molar-refractivity contribution in [1.29, 1.82) is 0 Å². The molecule has 0 fully saturated rings. The summed E-state index contributed by atoms with van der Waals surface area (Å²) in [5, 5.41) is 9.66. The fraction of sp³-hybridized carbons (Fsp3) is 0.900. The lowest BCUT2D eigenvalue weighted by Crippen LogP contribution is -2.39. The molecule has 0 aromatic heterocycles. The van der Waals surface area contributed by atoms with Gasteiger partial charge in [-0.15, -0.1) is 0 Å². The van der Waals surface area contributed by atoms with E-state index in [1.807, 2.05) is 20.8 Å². The lowest BCUT2D eigenvalue weighted by Gasteiger charge is -2.27. The van der Waals surface area contributed by atoms with Gasteiger partial charge < -0.3 is 10.0 Å². The molecular weight excluding hydrogens is 166 g/mol. The van der Waals surface area contributed by atoms with Crippen LogP contribution < -0.4 is 0 Å². The van der Waals surface area contributed by atoms with Crippen molar-refractivity contribution in [3.63, 3.8) is 0 Å². The molecular formula is C10H21NO2. The maximum atomic E-state index is 11.7. The number of aliphatic hydroxyl groups excluding tert-OH is 1. The monoisotopic (exact) mass is 187 g/mol. The third-order valence-electron chi connectivity index (χ3n) is 2.28. The van der Waals surface area contributed by atoms with E-state index < -0.39 is 6.10 Å². The first-order chi connectivity index (χ1) is 5.91. The second-order valence-corrected chi connectivity index (χ2v) is 3.98. The molecule has 0 aromatic carbocycles. The van der Waals surface area contributed by atoms with Crippen molar-refractivity contribution >= 4 is 5.91 Å². The highest BCUT2D eigenvalue weighted by atomic mass is 16.3. The first-order valence-corrected chi connectivity index (χ1v) is 4.81. The van der Waals surface area contributed by atoms with E-state index in [1.165, 1.54) is 0 Å². The molecule has 78 valence electrons. The Balaban J connectivity index is 4.51. The fourth-order valence-electron chi connectivity index (χ4n) is 1.45. The maximum absolute atomic E-state index is 11.7. The first kappa shape index (κ1) is 12.4. The Hall–Kier alpha value is -0.570. The Morgan fingerprint density at radius 2 is 1.85 bits per heavy atom. The van der Waals surface area contributed by atoms with E-state index in [2.05, 4.69) is 0 Å². The molecule has 0 radical (unpaired) electrons. The highest BCUT2D eigenvalue weighted by Crippen LogP contribution is 2.19. The molecule has 0 heterocycles. The summed E-state index contributed by atoms with van der Waals surface area (Å²) in [7, 11) is 3.44. The molecule has 1 N–H and O–H groups in total. The van der Waals surface area contributed by atoms with Gasteiger partial charge in [0.1, 0.15) is 0 Å². The number of rotatable bonds is 4. The molecule has 13 heavy (non-hydrogen) atoms. The summed E-state index contributed by atoms with van der Waals surface area (Å²) in [4.78, 5) is 13.2. The second kappa shape index (κ2) is 5.22. The Bertz CT molecular complexity index is 166. The molecule has 0 saturated carbocycles. The topological polar surface area (TPSA) is 40.5 Å². The van der Waals surface area contributed by atoms with Crippen LogP contribution in [0.4, 0.5) is 0 Å². The fourth-order valence-corrected chi connectivity index (χ4v) is 1.45. The third kappa shape index (κ3) is 3.35. The molecule has 0 unspecified atom stereocenters. The predicted octanol–water partition coefficient (Wildman–Crippen LogP) is 1.12. The van der Waals surface area contributed by atoms with E-state index >= 15 is 0 Å². The quantitative estimate of drug-likeness (QED) is 0.716. The summed E-state index contributed by atoms with van der Waals surface area (Å²) >= 11 is 0. The largest absolute Gasteiger partial charge is 0.392 e. The van der Waals surface area contributed by atoms with Crippen LogP contribution in [0.15, 0.2) is 0 Å². The molecule has 0 aliphatic rings. The molecule has 0 aromatic rings. The number of hydrogen-bond donors (Lipinski definition) is 1. The molecule has 2 atom stereocenters. The van der Waals surface area contributed by atoms with Crippen LogP contribution in [0.1, 0.15) is 27.2 Å². The first-order valence-electron chi connectivity index (χ1n) is 4.81. The number of amides is 1. The molecule has 3 heteroatoms. The zero-order chi connectivity index (χ0) is 10.6. The van der Waals surface area contributed by atoms with E-state index in [-0.39, 0.29) is 17.7 Å². The van der Waals surface area contributed by atoms with Crippen molar-refractivity contribution in [2.24, 2.45) is 11.8 Å². The van der Waals surface area contributed by atoms with Gasteiger partial charge in [0.15, 0.2) is 0 Å². The number of aliphatic hydroxyl groups is 1. The lowest BCUT2D eigenvalue weighted by molar-refractivity contribution is -0.138. The van der Waals surface area contributed by atoms with Gasteiger partial charge in [-0.25, -0.2) is 0 Å². The molecule has 0 saturated heterocycles. The molecule has 3 nitrogen and oxygen atoms in total. The zero-order valence-electron chi connectivity index (χ0n) is 9.24. The van der Waals surface area contributed by atoms with E-state index in [0.717, 1.165) is 0 Å². The number of carbonyl (C=O) groups is 1. The summed E-state index contributed by atoms with van der Waals surface area (Å²) in [6.07, 6.45) is 0.109. The second-order valence-electron chi connectivity index (χ2n) is 3.98. The van der Waals surface area contributed by atoms with Gasteiger partial charge in [0.2, 0.25) is 5.91 Å². The minimum Gasteiger partial charge on any atom is -0.392 e. The Morgan fingerprint density at radius 1 is 1.38 bits per heavy atom. The van der Waals surface area contributed by atoms with E-state index in [1.54, 1.807) is 19.0 Å². The van der Waals surface area contributed by atoms with E-state index in [4.69, 9.17) is 0 Å². The molecule has 0 rings (SSSR count). The van der Waals surface area contributed by atoms with Crippen molar-refractivity contribution in [1.82, 2.24) is 4.90 Å². The van der Waals surface area contributed by atoms with Crippen LogP contribution in [0.3, 0.4) is 0 Å². The zero-order valence-corrected chi connectivity index (χ0v) is 9.24. The van der Waals surface area contributed by atoms with Crippen LogP contribution in [0.25, 0.3) is 0 Å². The van der Waals surface area contributed by atoms with Crippen LogP contribution in [0, 0.1) is 11.8 Å². The minimum atomic E-state index is -0.519. The molecule has 1 amide bonds. The van der Waals surface area contributed by atoms with Gasteiger partial charge in [0, 0.05) is 14.1 Å². The lowest BCUT2D eigenvalue weighted by atomic mass is 9.88. The Morgan fingerprint density at radius 3 is 2.08 bits per heavy atom. The Labute approximate surface area is 80.7 Å². The van der Waals surface area contributed by atoms with Gasteiger partial charge in [0.25, 0.3) is 0 Å². The smallest absolute Gasteiger partial charge is 0.228 e. The maximum Gasteiger partial charge on any atom is 0.228 e. The average molecular weight is 187 g/mol. The predicted molar refractivity (Wildman–Crippen MR) is 53.3 cm³/mol. The number of nitrogens with zero attached hydrogens (tertiary/aromatic N) is 1. The van der Waals surface area contributed by atoms with Gasteiger partial charge in [-0.2, -0.15) is 0 Å². The van der Waals surface area contributed by atoms with Gasteiger partial charge >= 0.3 is 0 Å². The van der Waals surface area contributed by atoms with Gasteiger partial charge in [-0.3, -0.25) is 4.79 Å². The SMILES string of the molecule is CC[C@@H](O)[C@@H](C(=O)N(C)C)C(C)C. The van der Waals surface area contributed by atoms with Crippen LogP contribution in [-0.2, 0) is 4.79 Å². The van der Waals surface area contributed by atoms with Crippen LogP contribution in [0.5, 0.6) is 0 Å². The van der Waals surface area contributed by atoms with E-state index in [9.17, 15) is 9.90 Å². The standard InChI is InChI=1S/C10H21NO2/c1-6-8(12)9(7(2)3)10(13)11(4)5/h7-9,12H,6H2,1-5H3/t8-,9+/m1/s1. The highest BCUT2D eigenvalue weighted by Gasteiger charge is 2.29. The summed E-state index contributed by atoms with van der Waals surface area (Å²) in [5.41, 5.74) is 0. The molecule has 0 spiro atoms. The van der Waals surface area contributed by atoms with Crippen molar-refractivity contribution in [2.75, 3.05) is 14.1 Å². The summed E-state index contributed by atoms with van der Waals surface area (Å²) < 4.78 is 0. The summed E-state index contributed by atoms with van der Waals surface area (Å²) in [6.45, 7) is 5.82. The summed E-state index contributed by atoms with van der Waals surface area (Å²) in [5.74, 6) is -0.0609. The van der Waals surface area contributed by atoms with Crippen LogP contribution in [-0.4, -0.2) is 36.1 Å². The van der Waals surface area contributed by atoms with Crippen molar-refractivity contribution in [3.05, 3.63) is 0 Å². The van der Waals surface area contributed by atoms with Crippen molar-refractivity contribution in [3.8, 4) is 0 Å². The third-order valence-corrected chi connectivity index (χ3v) is 2.28. The van der Waals surface area contributed by atoms with Gasteiger partial charge in [-0.05, 0) is 12.3 Å². The van der Waals surface area contributed by atoms with E-state index in [0.29, 0.717) is 6.42 Å². The number of carbonyl (C=O) groups excluding carboxylic acids is 1. The van der Waals surface area contributed by atoms with Gasteiger partial charge in [-0.1, -0.05) is 20.8 Å². The van der Waals surface area contributed by atoms with Crippen LogP contribution in [0.2, 0.25) is 0 Å². The highest BCUT2D eigenvalue weighted by molar-refractivity contribution is 5.79. The molecule has 0 bridgehead atoms. The minimum absolute atomic E-state index is 0.0179. The molecule has 0 aliphatic heterocycles. The summed E-state index contributed by atoms with van der Waals surface area (Å²) in [6, 6.07) is 0. The van der Waals surface area contributed by atoms with Crippen molar-refractivity contribution < 1.29 is 9.90 Å². The molecule has 0 aliphatic carbocycles. The Kier molecular flexibility index (Phi) is 4.99. The average Bonchev–Trinajstić information content (AvgIpc) is 2.03. The van der Waals surface area contributed by atoms with Crippen LogP contribution >= 0.6 is 0 Å². The van der Waals surface area contributed by atoms with Gasteiger partial charge in [0.05, 0.1) is 12.0 Å². The van der Waals surface area contributed by atoms with Crippen molar-refractivity contribution in [2.45, 2.75) is 33.3 Å².